The van der Waals surface area contributed by atoms with Crippen molar-refractivity contribution in [2.24, 2.45) is 17.6 Å². The second kappa shape index (κ2) is 12.7. The lowest BCUT2D eigenvalue weighted by atomic mass is 9.94. The van der Waals surface area contributed by atoms with Gasteiger partial charge in [0.05, 0.1) is 25.6 Å². The van der Waals surface area contributed by atoms with E-state index in [9.17, 15) is 24.0 Å². The summed E-state index contributed by atoms with van der Waals surface area (Å²) in [6, 6.07) is -2.43. The highest BCUT2D eigenvalue weighted by Crippen LogP contribution is 2.15. The molecule has 0 aliphatic heterocycles. The Morgan fingerprint density at radius 1 is 0.964 bits per heavy atom. The predicted octanol–water partition coefficient (Wildman–Crippen LogP) is -0.360. The third-order valence-corrected chi connectivity index (χ3v) is 3.69. The molecule has 0 aromatic rings. The number of carbonyl (C=O) groups is 5. The van der Waals surface area contributed by atoms with Crippen LogP contribution in [0.25, 0.3) is 0 Å². The van der Waals surface area contributed by atoms with Crippen molar-refractivity contribution in [3.63, 3.8) is 0 Å². The number of nitrogens with two attached hydrogens (primary N) is 1. The standard InChI is InChI=1S/C18H31N3O7/c1-6-27-14(23)9-12(18(26)28-7-2)15(16(19)24)21-17(25)13(8-10(3)4)20-11(5)22/h10,12-13,15H,6-9H2,1-5H3,(H2,19,24)(H,20,22)(H,21,25)/t12-,13+,15-/m1/s1. The molecule has 0 fully saturated rings. The van der Waals surface area contributed by atoms with E-state index in [1.165, 1.54) is 6.92 Å². The van der Waals surface area contributed by atoms with Gasteiger partial charge in [-0.1, -0.05) is 13.8 Å². The van der Waals surface area contributed by atoms with E-state index in [-0.39, 0.29) is 19.1 Å². The summed E-state index contributed by atoms with van der Waals surface area (Å²) in [5.74, 6) is -5.01. The number of amides is 3. The van der Waals surface area contributed by atoms with Crippen molar-refractivity contribution in [3.05, 3.63) is 0 Å². The zero-order chi connectivity index (χ0) is 21.9. The van der Waals surface area contributed by atoms with Crippen molar-refractivity contribution < 1.29 is 33.4 Å². The SMILES string of the molecule is CCOC(=O)C[C@@H](C(=O)OCC)[C@@H](NC(=O)[C@H](CC(C)C)NC(C)=O)C(N)=O. The van der Waals surface area contributed by atoms with Crippen LogP contribution in [0.1, 0.15) is 47.5 Å². The Balaban J connectivity index is 5.59. The molecule has 0 radical (unpaired) electrons. The summed E-state index contributed by atoms with van der Waals surface area (Å²) in [5, 5.41) is 4.88. The molecule has 0 aliphatic carbocycles. The maximum absolute atomic E-state index is 12.6. The van der Waals surface area contributed by atoms with Gasteiger partial charge in [-0.15, -0.1) is 0 Å². The van der Waals surface area contributed by atoms with Gasteiger partial charge in [0.2, 0.25) is 17.7 Å². The van der Waals surface area contributed by atoms with Crippen LogP contribution < -0.4 is 16.4 Å². The summed E-state index contributed by atoms with van der Waals surface area (Å²) in [6.45, 7) is 8.22. The summed E-state index contributed by atoms with van der Waals surface area (Å²) in [5.41, 5.74) is 5.37. The summed E-state index contributed by atoms with van der Waals surface area (Å²) < 4.78 is 9.73. The number of primary amides is 1. The summed E-state index contributed by atoms with van der Waals surface area (Å²) >= 11 is 0. The Morgan fingerprint density at radius 3 is 1.96 bits per heavy atom. The van der Waals surface area contributed by atoms with Gasteiger partial charge >= 0.3 is 11.9 Å². The van der Waals surface area contributed by atoms with Gasteiger partial charge in [0.1, 0.15) is 12.1 Å². The molecule has 0 heterocycles. The Labute approximate surface area is 164 Å². The Morgan fingerprint density at radius 2 is 1.54 bits per heavy atom. The molecule has 28 heavy (non-hydrogen) atoms. The molecule has 3 atom stereocenters. The molecule has 10 heteroatoms. The monoisotopic (exact) mass is 401 g/mol. The molecule has 0 aromatic heterocycles. The average molecular weight is 401 g/mol. The number of esters is 2. The van der Waals surface area contributed by atoms with Gasteiger partial charge in [0.15, 0.2) is 0 Å². The maximum Gasteiger partial charge on any atom is 0.312 e. The van der Waals surface area contributed by atoms with Crippen LogP contribution in [0.15, 0.2) is 0 Å². The largest absolute Gasteiger partial charge is 0.466 e. The summed E-state index contributed by atoms with van der Waals surface area (Å²) in [7, 11) is 0. The van der Waals surface area contributed by atoms with Gasteiger partial charge in [0.25, 0.3) is 0 Å². The maximum atomic E-state index is 12.6. The lowest BCUT2D eigenvalue weighted by Gasteiger charge is -2.26. The highest BCUT2D eigenvalue weighted by molar-refractivity contribution is 5.95. The zero-order valence-electron chi connectivity index (χ0n) is 17.1. The van der Waals surface area contributed by atoms with E-state index in [0.29, 0.717) is 6.42 Å². The Hall–Kier alpha value is -2.65. The average Bonchev–Trinajstić information content (AvgIpc) is 2.56. The van der Waals surface area contributed by atoms with Gasteiger partial charge in [0, 0.05) is 6.92 Å². The molecule has 10 nitrogen and oxygen atoms in total. The molecule has 0 unspecified atom stereocenters. The van der Waals surface area contributed by atoms with Crippen LogP contribution >= 0.6 is 0 Å². The Bertz CT molecular complexity index is 578. The first-order valence-electron chi connectivity index (χ1n) is 9.22. The highest BCUT2D eigenvalue weighted by Gasteiger charge is 2.38. The van der Waals surface area contributed by atoms with Crippen LogP contribution in [0.3, 0.4) is 0 Å². The fraction of sp³-hybridized carbons (Fsp3) is 0.722. The van der Waals surface area contributed by atoms with Gasteiger partial charge in [-0.05, 0) is 26.2 Å². The van der Waals surface area contributed by atoms with Crippen molar-refractivity contribution in [2.45, 2.75) is 59.5 Å². The van der Waals surface area contributed by atoms with E-state index in [2.05, 4.69) is 10.6 Å². The van der Waals surface area contributed by atoms with Crippen molar-refractivity contribution in [1.29, 1.82) is 0 Å². The predicted molar refractivity (Wildman–Crippen MR) is 99.6 cm³/mol. The first-order chi connectivity index (χ1) is 13.0. The fourth-order valence-corrected chi connectivity index (χ4v) is 2.56. The van der Waals surface area contributed by atoms with Gasteiger partial charge in [-0.3, -0.25) is 24.0 Å². The van der Waals surface area contributed by atoms with Crippen LogP contribution in [-0.4, -0.2) is 55.0 Å². The van der Waals surface area contributed by atoms with E-state index in [4.69, 9.17) is 15.2 Å². The normalized spacial score (nSPS) is 13.8. The molecule has 0 rings (SSSR count). The minimum absolute atomic E-state index is 0.0133. The van der Waals surface area contributed by atoms with Crippen LogP contribution in [0.5, 0.6) is 0 Å². The third-order valence-electron chi connectivity index (χ3n) is 3.69. The Kier molecular flexibility index (Phi) is 11.5. The van der Waals surface area contributed by atoms with Crippen LogP contribution in [0.4, 0.5) is 0 Å². The highest BCUT2D eigenvalue weighted by atomic mass is 16.5. The molecule has 3 amide bonds. The first kappa shape index (κ1) is 25.4. The molecule has 0 saturated heterocycles. The number of ether oxygens (including phenoxy) is 2. The number of carbonyl (C=O) groups excluding carboxylic acids is 5. The fourth-order valence-electron chi connectivity index (χ4n) is 2.56. The van der Waals surface area contributed by atoms with Gasteiger partial charge in [-0.25, -0.2) is 0 Å². The molecule has 0 saturated carbocycles. The second-order valence-corrected chi connectivity index (χ2v) is 6.64. The number of hydrogen-bond acceptors (Lipinski definition) is 7. The molecule has 0 aliphatic rings. The van der Waals surface area contributed by atoms with Gasteiger partial charge < -0.3 is 25.8 Å². The van der Waals surface area contributed by atoms with Gasteiger partial charge in [-0.2, -0.15) is 0 Å². The molecule has 0 spiro atoms. The van der Waals surface area contributed by atoms with E-state index >= 15 is 0 Å². The van der Waals surface area contributed by atoms with Crippen LogP contribution in [0, 0.1) is 11.8 Å². The molecule has 4 N–H and O–H groups in total. The lowest BCUT2D eigenvalue weighted by Crippen LogP contribution is -2.57. The minimum Gasteiger partial charge on any atom is -0.466 e. The van der Waals surface area contributed by atoms with Crippen molar-refractivity contribution >= 4 is 29.7 Å². The second-order valence-electron chi connectivity index (χ2n) is 6.64. The van der Waals surface area contributed by atoms with Crippen molar-refractivity contribution in [3.8, 4) is 0 Å². The van der Waals surface area contributed by atoms with Crippen molar-refractivity contribution in [2.75, 3.05) is 13.2 Å². The lowest BCUT2D eigenvalue weighted by molar-refractivity contribution is -0.157. The number of rotatable bonds is 12. The molecular formula is C18H31N3O7. The van der Waals surface area contributed by atoms with E-state index < -0.39 is 54.1 Å². The molecule has 160 valence electrons. The van der Waals surface area contributed by atoms with E-state index in [1.807, 2.05) is 13.8 Å². The quantitative estimate of drug-likeness (QED) is 0.377. The van der Waals surface area contributed by atoms with E-state index in [1.54, 1.807) is 13.8 Å². The number of nitrogens with one attached hydrogen (secondary N) is 2. The molecule has 0 aromatic carbocycles. The molecule has 0 bridgehead atoms. The summed E-state index contributed by atoms with van der Waals surface area (Å²) in [6.07, 6.45) is -0.186. The first-order valence-corrected chi connectivity index (χ1v) is 9.22. The van der Waals surface area contributed by atoms with Crippen LogP contribution in [0.2, 0.25) is 0 Å². The van der Waals surface area contributed by atoms with Crippen molar-refractivity contribution in [1.82, 2.24) is 10.6 Å². The third kappa shape index (κ3) is 9.33. The van der Waals surface area contributed by atoms with E-state index in [0.717, 1.165) is 0 Å². The summed E-state index contributed by atoms with van der Waals surface area (Å²) in [4.78, 5) is 60.1. The molecular weight excluding hydrogens is 370 g/mol. The smallest absolute Gasteiger partial charge is 0.312 e. The topological polar surface area (TPSA) is 154 Å². The minimum atomic E-state index is -1.50. The number of hydrogen-bond donors (Lipinski definition) is 3. The zero-order valence-corrected chi connectivity index (χ0v) is 17.1. The van der Waals surface area contributed by atoms with Crippen LogP contribution in [-0.2, 0) is 33.4 Å².